The van der Waals surface area contributed by atoms with Gasteiger partial charge in [0.25, 0.3) is 0 Å². The minimum Gasteiger partial charge on any atom is -0.508 e. The highest BCUT2D eigenvalue weighted by atomic mass is 19.1. The number of ether oxygens (including phenoxy) is 3. The molecule has 0 aliphatic heterocycles. The van der Waals surface area contributed by atoms with Crippen molar-refractivity contribution in [3.05, 3.63) is 241 Å². The van der Waals surface area contributed by atoms with Gasteiger partial charge in [-0.2, -0.15) is 5.26 Å². The molecule has 0 bridgehead atoms. The number of carboxylic acids is 3. The van der Waals surface area contributed by atoms with Crippen molar-refractivity contribution < 1.29 is 100.0 Å². The molecule has 6 N–H and O–H groups in total. The quantitative estimate of drug-likeness (QED) is 0.00921. The Morgan fingerprint density at radius 3 is 0.842 bits per heavy atom. The number of phenolic OH excluding ortho intramolecular Hbond substituents is 3. The number of fused-ring (bicyclic) bond motifs is 2. The van der Waals surface area contributed by atoms with Gasteiger partial charge in [0.15, 0.2) is 0 Å². The summed E-state index contributed by atoms with van der Waals surface area (Å²) in [5.41, 5.74) is 3.22. The topological polar surface area (TPSA) is 275 Å². The van der Waals surface area contributed by atoms with Crippen molar-refractivity contribution in [2.45, 2.75) is 188 Å². The van der Waals surface area contributed by atoms with E-state index in [2.05, 4.69) is 6.07 Å². The third-order valence-electron chi connectivity index (χ3n) is 17.6. The van der Waals surface area contributed by atoms with E-state index < -0.39 is 58.9 Å². The molecule has 0 atom stereocenters. The predicted molar refractivity (Wildman–Crippen MR) is 431 cm³/mol. The average molecular weight is 1570 g/mol. The second-order valence-corrected chi connectivity index (χ2v) is 26.5. The third-order valence-corrected chi connectivity index (χ3v) is 17.6. The summed E-state index contributed by atoms with van der Waals surface area (Å²) in [6.07, 6.45) is 20.7. The van der Waals surface area contributed by atoms with Gasteiger partial charge in [-0.25, -0.2) is 26.3 Å². The average Bonchev–Trinajstić information content (AvgIpc) is 0.854. The van der Waals surface area contributed by atoms with Crippen molar-refractivity contribution in [3.63, 3.8) is 0 Å². The van der Waals surface area contributed by atoms with Gasteiger partial charge in [0, 0.05) is 73.4 Å². The Morgan fingerprint density at radius 2 is 0.526 bits per heavy atom. The summed E-state index contributed by atoms with van der Waals surface area (Å²) >= 11 is 0. The normalized spacial score (nSPS) is 10.4. The number of nitrogens with zero attached hydrogens (tertiary/aromatic N) is 1. The van der Waals surface area contributed by atoms with Crippen molar-refractivity contribution in [2.24, 2.45) is 0 Å². The SMILES string of the molecule is C.C.N#Cc1ccc2cc(OC(=O)CCCCCCCCCC(=O)Oc3ccc(-c4ccc(F)cc4)c(F)c3)ccc2c1.O=C(O)CCCCCCCCCC(=O)O.O=C(O)CCCCCCCCCC(=O)Oc1ccc(-c2ccc(F)cc2)c(F)c1.Oc1ccc(-c2ccc(F)cc2)c(F)c1.Oc1ccc2cc(O)ccc2c1. The van der Waals surface area contributed by atoms with Crippen molar-refractivity contribution in [1.82, 2.24) is 0 Å². The number of aliphatic carboxylic acids is 3. The molecule has 0 aliphatic rings. The highest BCUT2D eigenvalue weighted by molar-refractivity contribution is 5.87. The van der Waals surface area contributed by atoms with Crippen LogP contribution in [0.1, 0.15) is 194 Å². The summed E-state index contributed by atoms with van der Waals surface area (Å²) in [6, 6.07) is 51.7. The van der Waals surface area contributed by atoms with E-state index >= 15 is 0 Å². The molecule has 0 saturated heterocycles. The number of rotatable bonds is 36. The predicted octanol–water partition coefficient (Wildman–Crippen LogP) is 24.3. The molecule has 114 heavy (non-hydrogen) atoms. The number of aromatic hydroxyl groups is 3. The fourth-order valence-corrected chi connectivity index (χ4v) is 11.6. The Balaban J connectivity index is 0.000000324. The maximum Gasteiger partial charge on any atom is 0.311 e. The van der Waals surface area contributed by atoms with Crippen LogP contribution in [0.5, 0.6) is 34.5 Å². The molecular weight excluding hydrogens is 1470 g/mol. The van der Waals surface area contributed by atoms with Crippen LogP contribution in [-0.4, -0.2) is 66.5 Å². The number of carbonyl (C=O) groups is 6. The molecule has 22 heteroatoms. The fraction of sp³-hybridized carbons (Fsp3) is 0.315. The van der Waals surface area contributed by atoms with Gasteiger partial charge in [-0.05, 0) is 198 Å². The van der Waals surface area contributed by atoms with Crippen LogP contribution in [0.4, 0.5) is 26.3 Å². The Bertz CT molecular complexity index is 4620. The first-order valence-corrected chi connectivity index (χ1v) is 37.4. The maximum atomic E-state index is 14.5. The summed E-state index contributed by atoms with van der Waals surface area (Å²) in [4.78, 5) is 67.0. The van der Waals surface area contributed by atoms with Gasteiger partial charge in [0.2, 0.25) is 0 Å². The standard InChI is InChI=1S/C34H31F2NO4.C23H26F2O4.C12H8F2O.C11H20O4.C10H8O2.2CH4/c35-28-15-12-25(13-16-28)31-19-18-30(22-32(31)36)41-34(39)9-7-5-3-1-2-4-6-8-33(38)40-29-17-14-26-20-24(23-37)10-11-27(26)21-29;24-18-12-10-17(11-13-18)20-15-14-19(16-21(20)25)29-23(28)9-7-5-3-1-2-4-6-8-22(26)27;13-9-3-1-8(2-4-9)11-6-5-10(15)7-12(11)14;12-10(13)8-6-4-2-1-3-5-7-9-11(14)15;11-9-3-1-7-5-10(12)4-2-8(7)6-9;;/h10-22H,1-9H2;10-16H,1-9H2,(H,26,27);1-7,15H;1-9H2,(H,12,13)(H,14,15);1-6,11-12H;2*1H4. The zero-order valence-corrected chi connectivity index (χ0v) is 62.2. The minimum atomic E-state index is -0.756. The molecular formula is C92H101F6NO15. The lowest BCUT2D eigenvalue weighted by Gasteiger charge is -2.08. The van der Waals surface area contributed by atoms with E-state index in [9.17, 15) is 55.1 Å². The number of esters is 3. The maximum absolute atomic E-state index is 14.5. The first-order chi connectivity index (χ1) is 53.9. The molecule has 10 aromatic carbocycles. The molecule has 606 valence electrons. The summed E-state index contributed by atoms with van der Waals surface area (Å²) in [5, 5.41) is 65.3. The molecule has 0 aromatic heterocycles. The lowest BCUT2D eigenvalue weighted by molar-refractivity contribution is -0.138. The lowest BCUT2D eigenvalue weighted by atomic mass is 10.0. The molecule has 0 spiro atoms. The fourth-order valence-electron chi connectivity index (χ4n) is 11.6. The number of nitriles is 1. The lowest BCUT2D eigenvalue weighted by Crippen LogP contribution is -2.08. The molecule has 0 unspecified atom stereocenters. The molecule has 10 aromatic rings. The molecule has 0 fully saturated rings. The van der Waals surface area contributed by atoms with Crippen molar-refractivity contribution in [2.75, 3.05) is 0 Å². The van der Waals surface area contributed by atoms with E-state index in [1.165, 1.54) is 115 Å². The van der Waals surface area contributed by atoms with Crippen molar-refractivity contribution in [1.29, 1.82) is 5.26 Å². The Labute approximate surface area is 662 Å². The smallest absolute Gasteiger partial charge is 0.311 e. The van der Waals surface area contributed by atoms with Crippen LogP contribution in [0.25, 0.3) is 54.9 Å². The van der Waals surface area contributed by atoms with Crippen LogP contribution in [-0.2, 0) is 28.8 Å². The molecule has 0 heterocycles. The summed E-state index contributed by atoms with van der Waals surface area (Å²) < 4.78 is 96.8. The minimum absolute atomic E-state index is 0. The van der Waals surface area contributed by atoms with Crippen LogP contribution in [0.15, 0.2) is 200 Å². The van der Waals surface area contributed by atoms with E-state index in [0.29, 0.717) is 70.4 Å². The van der Waals surface area contributed by atoms with Gasteiger partial charge in [-0.15, -0.1) is 0 Å². The van der Waals surface area contributed by atoms with Gasteiger partial charge in [0.1, 0.15) is 69.4 Å². The van der Waals surface area contributed by atoms with Gasteiger partial charge in [-0.1, -0.05) is 172 Å². The van der Waals surface area contributed by atoms with Crippen molar-refractivity contribution in [3.8, 4) is 73.9 Å². The van der Waals surface area contributed by atoms with E-state index in [-0.39, 0.29) is 87.5 Å². The van der Waals surface area contributed by atoms with E-state index in [1.807, 2.05) is 12.1 Å². The molecule has 10 rings (SSSR count). The number of carbonyl (C=O) groups excluding carboxylic acids is 3. The monoisotopic (exact) mass is 1570 g/mol. The first-order valence-electron chi connectivity index (χ1n) is 37.4. The molecule has 16 nitrogen and oxygen atoms in total. The van der Waals surface area contributed by atoms with E-state index in [0.717, 1.165) is 149 Å². The number of hydrogen-bond acceptors (Lipinski definition) is 13. The summed E-state index contributed by atoms with van der Waals surface area (Å²) in [5.74, 6) is -4.88. The Hall–Kier alpha value is -12.0. The second-order valence-electron chi connectivity index (χ2n) is 26.5. The van der Waals surface area contributed by atoms with E-state index in [1.54, 1.807) is 60.7 Å². The first kappa shape index (κ1) is 94.4. The third kappa shape index (κ3) is 36.9. The highest BCUT2D eigenvalue weighted by Gasteiger charge is 2.15. The van der Waals surface area contributed by atoms with Crippen LogP contribution < -0.4 is 14.2 Å². The Kier molecular flexibility index (Phi) is 43.3. The largest absolute Gasteiger partial charge is 0.508 e. The van der Waals surface area contributed by atoms with Crippen LogP contribution in [0.3, 0.4) is 0 Å². The number of phenols is 3. The number of halogens is 6. The van der Waals surface area contributed by atoms with Crippen molar-refractivity contribution >= 4 is 57.4 Å². The van der Waals surface area contributed by atoms with Gasteiger partial charge >= 0.3 is 35.8 Å². The molecule has 0 aliphatic carbocycles. The second kappa shape index (κ2) is 52.3. The highest BCUT2D eigenvalue weighted by Crippen LogP contribution is 2.31. The van der Waals surface area contributed by atoms with Gasteiger partial charge in [-0.3, -0.25) is 28.8 Å². The van der Waals surface area contributed by atoms with E-state index in [4.69, 9.17) is 50.1 Å². The number of hydrogen-bond donors (Lipinski definition) is 6. The van der Waals surface area contributed by atoms with Gasteiger partial charge < -0.3 is 44.8 Å². The summed E-state index contributed by atoms with van der Waals surface area (Å²) in [6.45, 7) is 0. The van der Waals surface area contributed by atoms with Crippen LogP contribution in [0, 0.1) is 46.2 Å². The zero-order valence-electron chi connectivity index (χ0n) is 62.2. The van der Waals surface area contributed by atoms with Gasteiger partial charge in [0.05, 0.1) is 11.6 Å². The number of unbranched alkanes of at least 4 members (excludes halogenated alkanes) is 18. The molecule has 0 amide bonds. The summed E-state index contributed by atoms with van der Waals surface area (Å²) in [7, 11) is 0. The number of carboxylic acid groups (broad SMARTS) is 3. The zero-order chi connectivity index (χ0) is 81.0. The van der Waals surface area contributed by atoms with Crippen LogP contribution >= 0.6 is 0 Å². The van der Waals surface area contributed by atoms with Crippen LogP contribution in [0.2, 0.25) is 0 Å². The number of benzene rings is 10. The molecule has 0 saturated carbocycles. The Morgan fingerprint density at radius 1 is 0.281 bits per heavy atom. The molecule has 0 radical (unpaired) electrons.